The molecule has 118 valence electrons. The topological polar surface area (TPSA) is 55.5 Å². The van der Waals surface area contributed by atoms with Crippen LogP contribution in [0.1, 0.15) is 18.4 Å². The highest BCUT2D eigenvalue weighted by atomic mass is 35.5. The Balaban J connectivity index is 1.87. The van der Waals surface area contributed by atoms with E-state index in [4.69, 9.17) is 22.1 Å². The monoisotopic (exact) mass is 327 g/mol. The third kappa shape index (κ3) is 3.64. The molecule has 0 bridgehead atoms. The summed E-state index contributed by atoms with van der Waals surface area (Å²) in [7, 11) is 0. The van der Waals surface area contributed by atoms with Gasteiger partial charge in [0.1, 0.15) is 17.7 Å². The minimum atomic E-state index is -0.861. The molecule has 2 unspecified atom stereocenters. The summed E-state index contributed by atoms with van der Waals surface area (Å²) < 4.78 is 5.84. The first-order valence-electron chi connectivity index (χ1n) is 7.44. The van der Waals surface area contributed by atoms with E-state index in [1.54, 1.807) is 12.1 Å². The zero-order valence-corrected chi connectivity index (χ0v) is 13.5. The van der Waals surface area contributed by atoms with Crippen LogP contribution in [0.4, 0.5) is 0 Å². The third-order valence-corrected chi connectivity index (χ3v) is 4.18. The number of nitrogens with two attached hydrogens (primary N) is 1. The Morgan fingerprint density at radius 2 is 1.52 bits per heavy atom. The summed E-state index contributed by atoms with van der Waals surface area (Å²) in [5.74, 6) is 1.40. The summed E-state index contributed by atoms with van der Waals surface area (Å²) in [5.41, 5.74) is 6.57. The molecule has 0 aliphatic heterocycles. The maximum absolute atomic E-state index is 9.52. The van der Waals surface area contributed by atoms with Gasteiger partial charge in [-0.1, -0.05) is 42.8 Å². The van der Waals surface area contributed by atoms with Crippen LogP contribution in [0, 0.1) is 0 Å². The van der Waals surface area contributed by atoms with Crippen LogP contribution in [0.3, 0.4) is 0 Å². The largest absolute Gasteiger partial charge is 0.457 e. The summed E-state index contributed by atoms with van der Waals surface area (Å²) >= 11 is 5.87. The van der Waals surface area contributed by atoms with E-state index < -0.39 is 6.23 Å². The first-order valence-corrected chi connectivity index (χ1v) is 7.81. The van der Waals surface area contributed by atoms with E-state index in [-0.39, 0.29) is 5.92 Å². The number of aliphatic hydroxyl groups excluding tert-OH is 1. The molecule has 0 heterocycles. The molecule has 0 amide bonds. The molecule has 3 nitrogen and oxygen atoms in total. The van der Waals surface area contributed by atoms with Gasteiger partial charge in [0.25, 0.3) is 0 Å². The van der Waals surface area contributed by atoms with Crippen molar-refractivity contribution in [3.05, 3.63) is 71.2 Å². The molecule has 2 atom stereocenters. The highest BCUT2D eigenvalue weighted by Gasteiger charge is 2.12. The second-order valence-corrected chi connectivity index (χ2v) is 6.04. The SMILES string of the molecule is CC(c1ccc2cc(Oc3ccc(Cl)cc3)ccc2c1)C(N)O. The van der Waals surface area contributed by atoms with Crippen molar-refractivity contribution < 1.29 is 9.84 Å². The van der Waals surface area contributed by atoms with Gasteiger partial charge in [0.2, 0.25) is 0 Å². The molecule has 3 rings (SSSR count). The Kier molecular flexibility index (Phi) is 4.53. The van der Waals surface area contributed by atoms with E-state index >= 15 is 0 Å². The van der Waals surface area contributed by atoms with Crippen LogP contribution in [-0.4, -0.2) is 11.3 Å². The van der Waals surface area contributed by atoms with Crippen LogP contribution in [0.15, 0.2) is 60.7 Å². The van der Waals surface area contributed by atoms with Crippen LogP contribution in [-0.2, 0) is 0 Å². The van der Waals surface area contributed by atoms with E-state index in [9.17, 15) is 5.11 Å². The van der Waals surface area contributed by atoms with Crippen molar-refractivity contribution in [2.75, 3.05) is 0 Å². The Bertz CT molecular complexity index is 815. The van der Waals surface area contributed by atoms with Crippen molar-refractivity contribution >= 4 is 22.4 Å². The molecule has 23 heavy (non-hydrogen) atoms. The smallest absolute Gasteiger partial charge is 0.128 e. The van der Waals surface area contributed by atoms with Crippen LogP contribution in [0.5, 0.6) is 11.5 Å². The number of hydrogen-bond acceptors (Lipinski definition) is 3. The van der Waals surface area contributed by atoms with Crippen molar-refractivity contribution in [1.82, 2.24) is 0 Å². The molecule has 0 fully saturated rings. The molecule has 4 heteroatoms. The summed E-state index contributed by atoms with van der Waals surface area (Å²) in [5, 5.41) is 12.4. The summed E-state index contributed by atoms with van der Waals surface area (Å²) in [6, 6.07) is 19.2. The van der Waals surface area contributed by atoms with E-state index in [1.165, 1.54) is 0 Å². The van der Waals surface area contributed by atoms with E-state index in [1.807, 2.05) is 55.5 Å². The average Bonchev–Trinajstić information content (AvgIpc) is 2.55. The second kappa shape index (κ2) is 6.59. The van der Waals surface area contributed by atoms with E-state index in [2.05, 4.69) is 0 Å². The summed E-state index contributed by atoms with van der Waals surface area (Å²) in [6.45, 7) is 1.91. The van der Waals surface area contributed by atoms with Crippen molar-refractivity contribution in [1.29, 1.82) is 0 Å². The maximum atomic E-state index is 9.52. The van der Waals surface area contributed by atoms with Gasteiger partial charge in [-0.2, -0.15) is 0 Å². The van der Waals surface area contributed by atoms with Crippen molar-refractivity contribution in [3.63, 3.8) is 0 Å². The first-order chi connectivity index (χ1) is 11.0. The lowest BCUT2D eigenvalue weighted by Gasteiger charge is -2.15. The van der Waals surface area contributed by atoms with E-state index in [0.29, 0.717) is 5.02 Å². The standard InChI is InChI=1S/C19H18ClNO2/c1-12(19(21)22)13-2-3-15-11-18(7-4-14(15)10-13)23-17-8-5-16(20)6-9-17/h2-12,19,22H,21H2,1H3. The molecule has 0 radical (unpaired) electrons. The second-order valence-electron chi connectivity index (χ2n) is 5.60. The van der Waals surface area contributed by atoms with Gasteiger partial charge in [0.15, 0.2) is 0 Å². The van der Waals surface area contributed by atoms with Crippen LogP contribution in [0.25, 0.3) is 10.8 Å². The lowest BCUT2D eigenvalue weighted by Crippen LogP contribution is -2.25. The fourth-order valence-electron chi connectivity index (χ4n) is 2.42. The lowest BCUT2D eigenvalue weighted by atomic mass is 9.96. The van der Waals surface area contributed by atoms with Crippen molar-refractivity contribution in [3.8, 4) is 11.5 Å². The zero-order chi connectivity index (χ0) is 16.4. The van der Waals surface area contributed by atoms with E-state index in [0.717, 1.165) is 27.8 Å². The van der Waals surface area contributed by atoms with Gasteiger partial charge in [-0.15, -0.1) is 0 Å². The van der Waals surface area contributed by atoms with Gasteiger partial charge in [0, 0.05) is 10.9 Å². The quantitative estimate of drug-likeness (QED) is 0.685. The zero-order valence-electron chi connectivity index (χ0n) is 12.7. The van der Waals surface area contributed by atoms with Gasteiger partial charge in [-0.3, -0.25) is 0 Å². The third-order valence-electron chi connectivity index (χ3n) is 3.92. The number of benzene rings is 3. The van der Waals surface area contributed by atoms with Gasteiger partial charge in [-0.05, 0) is 52.7 Å². The van der Waals surface area contributed by atoms with Crippen LogP contribution < -0.4 is 10.5 Å². The van der Waals surface area contributed by atoms with Crippen LogP contribution in [0.2, 0.25) is 5.02 Å². The number of ether oxygens (including phenoxy) is 1. The lowest BCUT2D eigenvalue weighted by molar-refractivity contribution is 0.157. The summed E-state index contributed by atoms with van der Waals surface area (Å²) in [4.78, 5) is 0. The number of aliphatic hydroxyl groups is 1. The normalized spacial score (nSPS) is 13.7. The molecule has 0 saturated heterocycles. The fraction of sp³-hybridized carbons (Fsp3) is 0.158. The van der Waals surface area contributed by atoms with Crippen molar-refractivity contribution in [2.24, 2.45) is 5.73 Å². The fourth-order valence-corrected chi connectivity index (χ4v) is 2.55. The molecular weight excluding hydrogens is 310 g/mol. The molecule has 0 aliphatic carbocycles. The van der Waals surface area contributed by atoms with Crippen molar-refractivity contribution in [2.45, 2.75) is 19.1 Å². The van der Waals surface area contributed by atoms with Gasteiger partial charge in [0.05, 0.1) is 0 Å². The summed E-state index contributed by atoms with van der Waals surface area (Å²) in [6.07, 6.45) is -0.861. The molecule has 0 spiro atoms. The number of rotatable bonds is 4. The molecule has 0 aliphatic rings. The highest BCUT2D eigenvalue weighted by molar-refractivity contribution is 6.30. The van der Waals surface area contributed by atoms with Gasteiger partial charge in [-0.25, -0.2) is 0 Å². The average molecular weight is 328 g/mol. The Labute approximate surface area is 140 Å². The molecule has 0 aromatic heterocycles. The minimum absolute atomic E-state index is 0.107. The molecule has 0 saturated carbocycles. The van der Waals surface area contributed by atoms with Gasteiger partial charge >= 0.3 is 0 Å². The number of fused-ring (bicyclic) bond motifs is 1. The Morgan fingerprint density at radius 1 is 0.913 bits per heavy atom. The molecule has 3 aromatic rings. The maximum Gasteiger partial charge on any atom is 0.128 e. The Hall–Kier alpha value is -2.07. The first kappa shape index (κ1) is 15.8. The van der Waals surface area contributed by atoms with Crippen LogP contribution >= 0.6 is 11.6 Å². The molecule has 3 aromatic carbocycles. The molecular formula is C19H18ClNO2. The van der Waals surface area contributed by atoms with Gasteiger partial charge < -0.3 is 15.6 Å². The minimum Gasteiger partial charge on any atom is -0.457 e. The predicted octanol–water partition coefficient (Wildman–Crippen LogP) is 4.67. The number of halogens is 1. The highest BCUT2D eigenvalue weighted by Crippen LogP contribution is 2.28. The molecule has 3 N–H and O–H groups in total. The number of hydrogen-bond donors (Lipinski definition) is 2. The Morgan fingerprint density at radius 3 is 2.22 bits per heavy atom. The predicted molar refractivity (Wildman–Crippen MR) is 94.1 cm³/mol.